The predicted molar refractivity (Wildman–Crippen MR) is 84.3 cm³/mol. The van der Waals surface area contributed by atoms with E-state index in [-0.39, 0.29) is 11.3 Å². The number of carbonyl (C=O) groups excluding carboxylic acids is 1. The molecule has 1 aromatic carbocycles. The van der Waals surface area contributed by atoms with E-state index in [1.165, 1.54) is 19.2 Å². The summed E-state index contributed by atoms with van der Waals surface area (Å²) in [6, 6.07) is 8.08. The zero-order chi connectivity index (χ0) is 14.8. The average Bonchev–Trinajstić information content (AvgIpc) is 2.92. The standard InChI is InChI=1S/C14H15IO4S/c1-19-13(16)14(9-5-6-11(14)10-15)20(17,18)12-7-3-2-4-8-12/h2-4,7-8,10H,5-6,9H2,1H3/b11-10+. The number of benzene rings is 1. The van der Waals surface area contributed by atoms with Crippen molar-refractivity contribution in [3.8, 4) is 0 Å². The van der Waals surface area contributed by atoms with Crippen LogP contribution in [0.2, 0.25) is 0 Å². The number of carbonyl (C=O) groups is 1. The molecule has 1 aromatic rings. The van der Waals surface area contributed by atoms with Crippen LogP contribution in [0.15, 0.2) is 44.9 Å². The summed E-state index contributed by atoms with van der Waals surface area (Å²) in [5, 5.41) is 0. The molecule has 0 bridgehead atoms. The van der Waals surface area contributed by atoms with Gasteiger partial charge in [-0.05, 0) is 41.1 Å². The van der Waals surface area contributed by atoms with Gasteiger partial charge in [-0.2, -0.15) is 0 Å². The molecule has 2 rings (SSSR count). The summed E-state index contributed by atoms with van der Waals surface area (Å²) in [4.78, 5) is 12.4. The van der Waals surface area contributed by atoms with Gasteiger partial charge in [0.15, 0.2) is 14.6 Å². The average molecular weight is 406 g/mol. The molecule has 20 heavy (non-hydrogen) atoms. The van der Waals surface area contributed by atoms with Gasteiger partial charge in [0.1, 0.15) is 0 Å². The molecule has 0 spiro atoms. The van der Waals surface area contributed by atoms with Crippen LogP contribution in [-0.4, -0.2) is 26.2 Å². The fourth-order valence-electron chi connectivity index (χ4n) is 2.65. The van der Waals surface area contributed by atoms with Gasteiger partial charge >= 0.3 is 5.97 Å². The van der Waals surface area contributed by atoms with Crippen molar-refractivity contribution in [2.75, 3.05) is 7.11 Å². The Morgan fingerprint density at radius 3 is 2.55 bits per heavy atom. The molecule has 0 heterocycles. The van der Waals surface area contributed by atoms with Crippen molar-refractivity contribution in [3.63, 3.8) is 0 Å². The summed E-state index contributed by atoms with van der Waals surface area (Å²) in [5.74, 6) is -0.693. The first kappa shape index (κ1) is 15.5. The van der Waals surface area contributed by atoms with Gasteiger partial charge in [0.05, 0.1) is 12.0 Å². The second-order valence-corrected chi connectivity index (χ2v) is 7.42. The Kier molecular flexibility index (Phi) is 4.53. The molecule has 0 N–H and O–H groups in total. The largest absolute Gasteiger partial charge is 0.468 e. The van der Waals surface area contributed by atoms with Gasteiger partial charge in [-0.1, -0.05) is 40.8 Å². The van der Waals surface area contributed by atoms with Crippen molar-refractivity contribution in [2.45, 2.75) is 28.9 Å². The van der Waals surface area contributed by atoms with Crippen LogP contribution in [0.5, 0.6) is 0 Å². The first-order valence-electron chi connectivity index (χ1n) is 6.18. The van der Waals surface area contributed by atoms with E-state index in [2.05, 4.69) is 0 Å². The molecule has 1 atom stereocenters. The first-order chi connectivity index (χ1) is 9.50. The van der Waals surface area contributed by atoms with Crippen LogP contribution in [0.4, 0.5) is 0 Å². The van der Waals surface area contributed by atoms with Gasteiger partial charge in [0.25, 0.3) is 0 Å². The van der Waals surface area contributed by atoms with Crippen molar-refractivity contribution in [3.05, 3.63) is 40.0 Å². The van der Waals surface area contributed by atoms with E-state index >= 15 is 0 Å². The Labute approximate surface area is 132 Å². The predicted octanol–water partition coefficient (Wildman–Crippen LogP) is 2.87. The third-order valence-electron chi connectivity index (χ3n) is 3.65. The summed E-state index contributed by atoms with van der Waals surface area (Å²) in [6.45, 7) is 0. The van der Waals surface area contributed by atoms with Gasteiger partial charge in [0.2, 0.25) is 0 Å². The maximum atomic E-state index is 13.0. The summed E-state index contributed by atoms with van der Waals surface area (Å²) in [6.07, 6.45) is 1.53. The van der Waals surface area contributed by atoms with Gasteiger partial charge in [0, 0.05) is 0 Å². The second kappa shape index (κ2) is 5.85. The quantitative estimate of drug-likeness (QED) is 0.572. The molecule has 1 aliphatic rings. The van der Waals surface area contributed by atoms with Crippen molar-refractivity contribution in [1.82, 2.24) is 0 Å². The Bertz CT molecular complexity index is 636. The van der Waals surface area contributed by atoms with Crippen LogP contribution in [0.25, 0.3) is 0 Å². The zero-order valence-electron chi connectivity index (χ0n) is 11.0. The highest BCUT2D eigenvalue weighted by Crippen LogP contribution is 2.45. The van der Waals surface area contributed by atoms with E-state index in [0.29, 0.717) is 18.4 Å². The molecule has 0 aliphatic heterocycles. The van der Waals surface area contributed by atoms with Crippen molar-refractivity contribution < 1.29 is 17.9 Å². The summed E-state index contributed by atoms with van der Waals surface area (Å²) in [7, 11) is -2.59. The first-order valence-corrected chi connectivity index (χ1v) is 8.91. The van der Waals surface area contributed by atoms with E-state index in [1.54, 1.807) is 22.3 Å². The Morgan fingerprint density at radius 1 is 1.35 bits per heavy atom. The highest BCUT2D eigenvalue weighted by atomic mass is 127. The van der Waals surface area contributed by atoms with E-state index in [1.807, 2.05) is 22.6 Å². The van der Waals surface area contributed by atoms with Crippen molar-refractivity contribution in [2.24, 2.45) is 0 Å². The third kappa shape index (κ3) is 2.18. The van der Waals surface area contributed by atoms with Crippen LogP contribution in [0.1, 0.15) is 19.3 Å². The minimum Gasteiger partial charge on any atom is -0.468 e. The molecular weight excluding hydrogens is 391 g/mol. The lowest BCUT2D eigenvalue weighted by Crippen LogP contribution is -2.46. The maximum Gasteiger partial charge on any atom is 0.331 e. The topological polar surface area (TPSA) is 60.4 Å². The monoisotopic (exact) mass is 406 g/mol. The minimum atomic E-state index is -3.82. The maximum absolute atomic E-state index is 13.0. The van der Waals surface area contributed by atoms with Crippen LogP contribution in [0, 0.1) is 0 Å². The van der Waals surface area contributed by atoms with Crippen molar-refractivity contribution in [1.29, 1.82) is 0 Å². The highest BCUT2D eigenvalue weighted by Gasteiger charge is 2.57. The number of hydrogen-bond donors (Lipinski definition) is 0. The molecule has 1 fully saturated rings. The van der Waals surface area contributed by atoms with E-state index < -0.39 is 20.6 Å². The number of methoxy groups -OCH3 is 1. The number of halogens is 1. The minimum absolute atomic E-state index is 0.156. The number of esters is 1. The van der Waals surface area contributed by atoms with E-state index in [0.717, 1.165) is 0 Å². The smallest absolute Gasteiger partial charge is 0.331 e. The fraction of sp³-hybridized carbons (Fsp3) is 0.357. The Morgan fingerprint density at radius 2 is 2.00 bits per heavy atom. The van der Waals surface area contributed by atoms with Crippen molar-refractivity contribution >= 4 is 38.4 Å². The number of hydrogen-bond acceptors (Lipinski definition) is 4. The molecule has 0 radical (unpaired) electrons. The normalized spacial score (nSPS) is 24.8. The van der Waals surface area contributed by atoms with Crippen LogP contribution >= 0.6 is 22.6 Å². The zero-order valence-corrected chi connectivity index (χ0v) is 14.0. The van der Waals surface area contributed by atoms with E-state index in [4.69, 9.17) is 4.74 Å². The molecule has 0 aromatic heterocycles. The molecular formula is C14H15IO4S. The summed E-state index contributed by atoms with van der Waals surface area (Å²) >= 11 is 1.99. The van der Waals surface area contributed by atoms with Crippen LogP contribution in [-0.2, 0) is 19.4 Å². The second-order valence-electron chi connectivity index (χ2n) is 4.62. The molecule has 1 saturated carbocycles. The summed E-state index contributed by atoms with van der Waals surface area (Å²) < 4.78 is 30.9. The molecule has 6 heteroatoms. The lowest BCUT2D eigenvalue weighted by atomic mass is 10.0. The molecule has 1 aliphatic carbocycles. The molecule has 4 nitrogen and oxygen atoms in total. The van der Waals surface area contributed by atoms with E-state index in [9.17, 15) is 13.2 Å². The van der Waals surface area contributed by atoms with Gasteiger partial charge in [-0.3, -0.25) is 0 Å². The van der Waals surface area contributed by atoms with Crippen LogP contribution in [0.3, 0.4) is 0 Å². The molecule has 108 valence electrons. The van der Waals surface area contributed by atoms with Gasteiger partial charge < -0.3 is 4.74 Å². The summed E-state index contributed by atoms with van der Waals surface area (Å²) in [5.41, 5.74) is 0.619. The number of rotatable bonds is 3. The Balaban J connectivity index is 2.68. The highest BCUT2D eigenvalue weighted by molar-refractivity contribution is 14.1. The molecule has 0 amide bonds. The Hall–Kier alpha value is -0.890. The van der Waals surface area contributed by atoms with Gasteiger partial charge in [-0.15, -0.1) is 0 Å². The third-order valence-corrected chi connectivity index (χ3v) is 6.85. The number of ether oxygens (including phenoxy) is 1. The molecule has 0 saturated heterocycles. The SMILES string of the molecule is COC(=O)C1(S(=O)(=O)c2ccccc2)CCC/C1=C\I. The number of sulfone groups is 1. The van der Waals surface area contributed by atoms with Gasteiger partial charge in [-0.25, -0.2) is 13.2 Å². The van der Waals surface area contributed by atoms with Crippen LogP contribution < -0.4 is 0 Å². The molecule has 1 unspecified atom stereocenters. The lowest BCUT2D eigenvalue weighted by molar-refractivity contribution is -0.142. The lowest BCUT2D eigenvalue weighted by Gasteiger charge is -2.27. The fourth-order valence-corrected chi connectivity index (χ4v) is 5.84.